The van der Waals surface area contributed by atoms with Gasteiger partial charge in [0.15, 0.2) is 0 Å². The molecule has 0 aliphatic carbocycles. The summed E-state index contributed by atoms with van der Waals surface area (Å²) in [5, 5.41) is 2.91. The molecule has 110 valence electrons. The minimum atomic E-state index is -0.205. The molecule has 0 saturated heterocycles. The van der Waals surface area contributed by atoms with Crippen LogP contribution in [0.25, 0.3) is 0 Å². The molecule has 0 atom stereocenters. The summed E-state index contributed by atoms with van der Waals surface area (Å²) in [7, 11) is 0. The molecule has 4 heteroatoms. The van der Waals surface area contributed by atoms with E-state index in [9.17, 15) is 9.18 Å². The highest BCUT2D eigenvalue weighted by molar-refractivity contribution is 5.89. The van der Waals surface area contributed by atoms with Crippen molar-refractivity contribution in [2.24, 2.45) is 0 Å². The fourth-order valence-corrected chi connectivity index (χ4v) is 2.77. The predicted octanol–water partition coefficient (Wildman–Crippen LogP) is 3.14. The molecule has 1 heterocycles. The van der Waals surface area contributed by atoms with E-state index in [4.69, 9.17) is 0 Å². The molecule has 0 spiro atoms. The van der Waals surface area contributed by atoms with Gasteiger partial charge in [0, 0.05) is 25.7 Å². The van der Waals surface area contributed by atoms with Crippen molar-refractivity contribution in [2.75, 3.05) is 25.1 Å². The first kappa shape index (κ1) is 15.0. The van der Waals surface area contributed by atoms with Crippen LogP contribution < -0.4 is 5.32 Å². The first-order valence-electron chi connectivity index (χ1n) is 7.37. The molecule has 3 nitrogen and oxygen atoms in total. The van der Waals surface area contributed by atoms with Crippen molar-refractivity contribution in [1.82, 2.24) is 4.90 Å². The summed E-state index contributed by atoms with van der Waals surface area (Å²) in [4.78, 5) is 13.6. The van der Waals surface area contributed by atoms with E-state index in [1.165, 1.54) is 11.1 Å². The lowest BCUT2D eigenvalue weighted by Crippen LogP contribution is -2.32. The Labute approximate surface area is 120 Å². The van der Waals surface area contributed by atoms with Crippen molar-refractivity contribution in [1.29, 1.82) is 0 Å². The van der Waals surface area contributed by atoms with Crippen molar-refractivity contribution >= 4 is 11.6 Å². The Morgan fingerprint density at radius 3 is 2.95 bits per heavy atom. The number of nitrogens with zero attached hydrogens (tertiary/aromatic N) is 1. The van der Waals surface area contributed by atoms with Crippen molar-refractivity contribution in [3.8, 4) is 0 Å². The summed E-state index contributed by atoms with van der Waals surface area (Å²) in [5.41, 5.74) is 3.52. The second-order valence-corrected chi connectivity index (χ2v) is 5.40. The Bertz CT molecular complexity index is 462. The van der Waals surface area contributed by atoms with E-state index in [1.807, 2.05) is 12.1 Å². The molecular formula is C16H23FN2O. The summed E-state index contributed by atoms with van der Waals surface area (Å²) in [6.07, 6.45) is 3.67. The van der Waals surface area contributed by atoms with Crippen LogP contribution in [0.4, 0.5) is 10.1 Å². The molecule has 1 aromatic rings. The Morgan fingerprint density at radius 1 is 1.35 bits per heavy atom. The van der Waals surface area contributed by atoms with Crippen LogP contribution in [0.15, 0.2) is 18.2 Å². The molecule has 0 aromatic heterocycles. The molecule has 0 radical (unpaired) electrons. The lowest BCUT2D eigenvalue weighted by molar-refractivity contribution is -0.114. The monoisotopic (exact) mass is 278 g/mol. The number of halogens is 1. The van der Waals surface area contributed by atoms with Crippen molar-refractivity contribution < 1.29 is 9.18 Å². The second-order valence-electron chi connectivity index (χ2n) is 5.40. The maximum absolute atomic E-state index is 12.1. The molecular weight excluding hydrogens is 255 g/mol. The van der Waals surface area contributed by atoms with Gasteiger partial charge in [-0.3, -0.25) is 14.1 Å². The molecule has 0 fully saturated rings. The Kier molecular flexibility index (Phi) is 5.53. The summed E-state index contributed by atoms with van der Waals surface area (Å²) in [6.45, 7) is 4.31. The van der Waals surface area contributed by atoms with Crippen LogP contribution in [-0.2, 0) is 17.8 Å². The minimum absolute atomic E-state index is 0.0212. The molecule has 20 heavy (non-hydrogen) atoms. The normalized spacial score (nSPS) is 14.9. The number of anilines is 1. The number of rotatable bonds is 6. The smallest absolute Gasteiger partial charge is 0.221 e. The van der Waals surface area contributed by atoms with Gasteiger partial charge < -0.3 is 5.32 Å². The fraction of sp³-hybridized carbons (Fsp3) is 0.562. The quantitative estimate of drug-likeness (QED) is 0.811. The maximum atomic E-state index is 12.1. The van der Waals surface area contributed by atoms with Gasteiger partial charge in [0.2, 0.25) is 5.91 Å². The molecule has 0 unspecified atom stereocenters. The molecule has 2 rings (SSSR count). The maximum Gasteiger partial charge on any atom is 0.221 e. The summed E-state index contributed by atoms with van der Waals surface area (Å²) in [6, 6.07) is 6.10. The summed E-state index contributed by atoms with van der Waals surface area (Å²) < 4.78 is 12.1. The topological polar surface area (TPSA) is 32.3 Å². The third-order valence-corrected chi connectivity index (χ3v) is 3.76. The van der Waals surface area contributed by atoms with E-state index in [2.05, 4.69) is 16.3 Å². The minimum Gasteiger partial charge on any atom is -0.326 e. The molecule has 1 aromatic carbocycles. The highest BCUT2D eigenvalue weighted by Crippen LogP contribution is 2.26. The molecule has 1 aliphatic rings. The fourth-order valence-electron chi connectivity index (χ4n) is 2.77. The number of nitrogens with one attached hydrogen (secondary N) is 1. The Balaban J connectivity index is 1.95. The van der Waals surface area contributed by atoms with Gasteiger partial charge in [0.1, 0.15) is 0 Å². The van der Waals surface area contributed by atoms with Crippen molar-refractivity contribution in [3.05, 3.63) is 29.3 Å². The highest BCUT2D eigenvalue weighted by Gasteiger charge is 2.18. The number of hydrogen-bond acceptors (Lipinski definition) is 2. The standard InChI is InChI=1S/C16H23FN2O/c1-13(20)18-16-7-5-6-14-12-19(11-8-15(14)16)10-4-2-3-9-17/h5-7H,2-4,8-12H2,1H3,(H,18,20). The number of carbonyl (C=O) groups is 1. The molecule has 1 amide bonds. The van der Waals surface area contributed by atoms with Crippen LogP contribution in [0.5, 0.6) is 0 Å². The van der Waals surface area contributed by atoms with E-state index >= 15 is 0 Å². The van der Waals surface area contributed by atoms with Crippen LogP contribution in [0.1, 0.15) is 37.3 Å². The van der Waals surface area contributed by atoms with E-state index in [0.29, 0.717) is 6.42 Å². The average molecular weight is 278 g/mol. The number of hydrogen-bond donors (Lipinski definition) is 1. The zero-order valence-electron chi connectivity index (χ0n) is 12.1. The summed E-state index contributed by atoms with van der Waals surface area (Å²) in [5.74, 6) is -0.0212. The predicted molar refractivity (Wildman–Crippen MR) is 79.6 cm³/mol. The first-order valence-corrected chi connectivity index (χ1v) is 7.37. The van der Waals surface area contributed by atoms with E-state index in [0.717, 1.165) is 44.6 Å². The van der Waals surface area contributed by atoms with Gasteiger partial charge in [0.25, 0.3) is 0 Å². The lowest BCUT2D eigenvalue weighted by atomic mass is 9.97. The number of amides is 1. The van der Waals surface area contributed by atoms with E-state index in [1.54, 1.807) is 6.92 Å². The van der Waals surface area contributed by atoms with Crippen LogP contribution in [0.3, 0.4) is 0 Å². The zero-order chi connectivity index (χ0) is 14.4. The van der Waals surface area contributed by atoms with Crippen LogP contribution in [0.2, 0.25) is 0 Å². The summed E-state index contributed by atoms with van der Waals surface area (Å²) >= 11 is 0. The van der Waals surface area contributed by atoms with Crippen LogP contribution in [0, 0.1) is 0 Å². The van der Waals surface area contributed by atoms with Gasteiger partial charge in [0.05, 0.1) is 6.67 Å². The number of benzene rings is 1. The van der Waals surface area contributed by atoms with Gasteiger partial charge in [-0.1, -0.05) is 12.1 Å². The van der Waals surface area contributed by atoms with Crippen LogP contribution >= 0.6 is 0 Å². The van der Waals surface area contributed by atoms with Gasteiger partial charge in [-0.2, -0.15) is 0 Å². The number of carbonyl (C=O) groups excluding carboxylic acids is 1. The Hall–Kier alpha value is -1.42. The zero-order valence-corrected chi connectivity index (χ0v) is 12.1. The number of fused-ring (bicyclic) bond motifs is 1. The largest absolute Gasteiger partial charge is 0.326 e. The van der Waals surface area contributed by atoms with Crippen molar-refractivity contribution in [3.63, 3.8) is 0 Å². The van der Waals surface area contributed by atoms with E-state index < -0.39 is 0 Å². The van der Waals surface area contributed by atoms with Gasteiger partial charge in [-0.05, 0) is 49.4 Å². The molecule has 0 saturated carbocycles. The van der Waals surface area contributed by atoms with Gasteiger partial charge in [-0.25, -0.2) is 0 Å². The average Bonchev–Trinajstić information content (AvgIpc) is 2.43. The van der Waals surface area contributed by atoms with Crippen molar-refractivity contribution in [2.45, 2.75) is 39.2 Å². The van der Waals surface area contributed by atoms with Crippen LogP contribution in [-0.4, -0.2) is 30.6 Å². The van der Waals surface area contributed by atoms with E-state index in [-0.39, 0.29) is 12.6 Å². The number of unbranched alkanes of at least 4 members (excludes halogenated alkanes) is 2. The molecule has 1 aliphatic heterocycles. The third kappa shape index (κ3) is 4.04. The highest BCUT2D eigenvalue weighted by atomic mass is 19.1. The number of alkyl halides is 1. The Morgan fingerprint density at radius 2 is 2.20 bits per heavy atom. The SMILES string of the molecule is CC(=O)Nc1cccc2c1CCN(CCCCCF)C2. The van der Waals surface area contributed by atoms with Gasteiger partial charge in [-0.15, -0.1) is 0 Å². The second kappa shape index (κ2) is 7.39. The molecule has 1 N–H and O–H groups in total. The lowest BCUT2D eigenvalue weighted by Gasteiger charge is -2.30. The third-order valence-electron chi connectivity index (χ3n) is 3.76. The first-order chi connectivity index (χ1) is 9.70. The van der Waals surface area contributed by atoms with Gasteiger partial charge >= 0.3 is 0 Å². The molecule has 0 bridgehead atoms.